The van der Waals surface area contributed by atoms with Crippen molar-refractivity contribution in [3.8, 4) is 5.88 Å². The van der Waals surface area contributed by atoms with Crippen LogP contribution in [0.5, 0.6) is 5.88 Å². The van der Waals surface area contributed by atoms with Gasteiger partial charge >= 0.3 is 5.97 Å². The number of carboxylic acid groups (broad SMARTS) is 1. The second-order valence-corrected chi connectivity index (χ2v) is 10.4. The first-order valence-electron chi connectivity index (χ1n) is 13.8. The predicted molar refractivity (Wildman–Crippen MR) is 151 cm³/mol. The van der Waals surface area contributed by atoms with E-state index in [1.807, 2.05) is 42.5 Å². The second kappa shape index (κ2) is 10.8. The lowest BCUT2D eigenvalue weighted by atomic mass is 10.0. The Hall–Kier alpha value is -4.54. The summed E-state index contributed by atoms with van der Waals surface area (Å²) in [7, 11) is 0. The molecule has 7 rings (SSSR count). The molecule has 0 radical (unpaired) electrons. The smallest absolute Gasteiger partial charge is 0.335 e. The van der Waals surface area contributed by atoms with Crippen molar-refractivity contribution in [2.24, 2.45) is 0 Å². The van der Waals surface area contributed by atoms with E-state index in [-0.39, 0.29) is 18.3 Å². The molecule has 208 valence electrons. The maximum absolute atomic E-state index is 11.6. The highest BCUT2D eigenvalue weighted by Gasteiger charge is 2.24. The van der Waals surface area contributed by atoms with Crippen LogP contribution in [0, 0.1) is 0 Å². The Morgan fingerprint density at radius 1 is 1.05 bits per heavy atom. The summed E-state index contributed by atoms with van der Waals surface area (Å²) < 4.78 is 19.5. The van der Waals surface area contributed by atoms with Crippen molar-refractivity contribution in [3.63, 3.8) is 0 Å². The van der Waals surface area contributed by atoms with Gasteiger partial charge in [-0.15, -0.1) is 0 Å². The predicted octanol–water partition coefficient (Wildman–Crippen LogP) is 4.93. The van der Waals surface area contributed by atoms with Crippen LogP contribution >= 0.6 is 0 Å². The number of rotatable bonds is 9. The molecule has 0 saturated carbocycles. The molecule has 3 aromatic heterocycles. The van der Waals surface area contributed by atoms with Crippen LogP contribution in [0.1, 0.15) is 40.6 Å². The molecule has 10 heteroatoms. The van der Waals surface area contributed by atoms with Crippen LogP contribution in [0.4, 0.5) is 0 Å². The minimum absolute atomic E-state index is 0.135. The van der Waals surface area contributed by atoms with Crippen molar-refractivity contribution in [1.82, 2.24) is 24.4 Å². The van der Waals surface area contributed by atoms with E-state index in [4.69, 9.17) is 23.9 Å². The summed E-state index contributed by atoms with van der Waals surface area (Å²) in [4.78, 5) is 28.0. The monoisotopic (exact) mass is 551 g/mol. The van der Waals surface area contributed by atoms with Gasteiger partial charge in [0.25, 0.3) is 0 Å². The highest BCUT2D eigenvalue weighted by Crippen LogP contribution is 2.27. The molecule has 1 unspecified atom stereocenters. The molecule has 0 amide bonds. The third-order valence-corrected chi connectivity index (χ3v) is 7.65. The second-order valence-electron chi connectivity index (χ2n) is 10.4. The first kappa shape index (κ1) is 25.4. The first-order valence-corrected chi connectivity index (χ1v) is 13.8. The summed E-state index contributed by atoms with van der Waals surface area (Å²) in [5.74, 6) is 1.02. The summed E-state index contributed by atoms with van der Waals surface area (Å²) in [5.41, 5.74) is 5.52. The van der Waals surface area contributed by atoms with Crippen LogP contribution in [-0.2, 0) is 24.4 Å². The molecule has 1 N–H and O–H groups in total. The zero-order valence-corrected chi connectivity index (χ0v) is 22.4. The average Bonchev–Trinajstić information content (AvgIpc) is 3.54. The Bertz CT molecular complexity index is 1740. The minimum atomic E-state index is -0.941. The first-order chi connectivity index (χ1) is 20.1. The SMILES string of the molecule is O=C(O)c1ccc2nc(CN3CC=C(c4cccc(OCc5nc6ccccc6o5)n4)CC3)n(CC3CCO3)c2c1. The Morgan fingerprint density at radius 3 is 2.73 bits per heavy atom. The third-order valence-electron chi connectivity index (χ3n) is 7.65. The van der Waals surface area contributed by atoms with Gasteiger partial charge in [-0.25, -0.2) is 19.7 Å². The van der Waals surface area contributed by atoms with Crippen molar-refractivity contribution >= 4 is 33.7 Å². The molecule has 0 aliphatic carbocycles. The zero-order valence-electron chi connectivity index (χ0n) is 22.4. The number of ether oxygens (including phenoxy) is 2. The number of benzene rings is 2. The molecule has 41 heavy (non-hydrogen) atoms. The number of hydrogen-bond acceptors (Lipinski definition) is 8. The zero-order chi connectivity index (χ0) is 27.8. The Kier molecular flexibility index (Phi) is 6.69. The van der Waals surface area contributed by atoms with Gasteiger partial charge < -0.3 is 23.6 Å². The lowest BCUT2D eigenvalue weighted by Crippen LogP contribution is -2.33. The number of carboxylic acids is 1. The van der Waals surface area contributed by atoms with Gasteiger partial charge in [-0.2, -0.15) is 0 Å². The summed E-state index contributed by atoms with van der Waals surface area (Å²) in [5, 5.41) is 9.50. The Balaban J connectivity index is 1.04. The number of aromatic carboxylic acids is 1. The summed E-state index contributed by atoms with van der Waals surface area (Å²) in [6, 6.07) is 18.6. The number of oxazole rings is 1. The maximum Gasteiger partial charge on any atom is 0.335 e. The van der Waals surface area contributed by atoms with Crippen LogP contribution < -0.4 is 4.74 Å². The molecule has 10 nitrogen and oxygen atoms in total. The molecule has 1 saturated heterocycles. The lowest BCUT2D eigenvalue weighted by molar-refractivity contribution is -0.0591. The molecule has 0 spiro atoms. The molecule has 5 heterocycles. The highest BCUT2D eigenvalue weighted by molar-refractivity contribution is 5.92. The number of nitrogens with zero attached hydrogens (tertiary/aromatic N) is 5. The standard InChI is InChI=1S/C31H29N5O5/c37-31(38)21-8-9-24-26(16-21)36(17-22-12-15-39-22)28(32-24)18-35-13-10-20(11-14-35)23-5-3-7-29(33-23)40-19-30-34-25-4-1-2-6-27(25)41-30/h1-10,16,22H,11-15,17-19H2,(H,37,38). The van der Waals surface area contributed by atoms with Crippen LogP contribution in [0.15, 0.2) is 71.2 Å². The van der Waals surface area contributed by atoms with Crippen molar-refractivity contribution in [2.75, 3.05) is 19.7 Å². The highest BCUT2D eigenvalue weighted by atomic mass is 16.5. The van der Waals surface area contributed by atoms with Crippen molar-refractivity contribution in [3.05, 3.63) is 89.7 Å². The van der Waals surface area contributed by atoms with Gasteiger partial charge in [0.2, 0.25) is 11.8 Å². The minimum Gasteiger partial charge on any atom is -0.478 e. The normalized spacial score (nSPS) is 17.5. The summed E-state index contributed by atoms with van der Waals surface area (Å²) in [6.45, 7) is 3.92. The van der Waals surface area contributed by atoms with E-state index in [1.165, 1.54) is 5.57 Å². The quantitative estimate of drug-likeness (QED) is 0.272. The fourth-order valence-corrected chi connectivity index (χ4v) is 5.34. The lowest BCUT2D eigenvalue weighted by Gasteiger charge is -2.29. The van der Waals surface area contributed by atoms with Gasteiger partial charge in [0, 0.05) is 25.8 Å². The molecular weight excluding hydrogens is 522 g/mol. The maximum atomic E-state index is 11.6. The number of hydrogen-bond donors (Lipinski definition) is 1. The fraction of sp³-hybridized carbons (Fsp3) is 0.290. The van der Waals surface area contributed by atoms with Crippen molar-refractivity contribution in [1.29, 1.82) is 0 Å². The number of fused-ring (bicyclic) bond motifs is 2. The number of aromatic nitrogens is 4. The van der Waals surface area contributed by atoms with Gasteiger partial charge in [-0.1, -0.05) is 24.3 Å². The molecular formula is C31H29N5O5. The van der Waals surface area contributed by atoms with Gasteiger partial charge in [0.1, 0.15) is 11.3 Å². The topological polar surface area (TPSA) is 116 Å². The van der Waals surface area contributed by atoms with Gasteiger partial charge in [0.05, 0.1) is 41.5 Å². The van der Waals surface area contributed by atoms with E-state index in [0.29, 0.717) is 24.9 Å². The Labute approximate surface area is 235 Å². The van der Waals surface area contributed by atoms with E-state index in [1.54, 1.807) is 18.2 Å². The van der Waals surface area contributed by atoms with Gasteiger partial charge in [0.15, 0.2) is 12.2 Å². The summed E-state index contributed by atoms with van der Waals surface area (Å²) in [6.07, 6.45) is 4.19. The summed E-state index contributed by atoms with van der Waals surface area (Å²) >= 11 is 0. The molecule has 2 aromatic carbocycles. The van der Waals surface area contributed by atoms with Crippen molar-refractivity contribution < 1.29 is 23.8 Å². The van der Waals surface area contributed by atoms with Crippen molar-refractivity contribution in [2.45, 2.75) is 38.6 Å². The van der Waals surface area contributed by atoms with Gasteiger partial charge in [-0.3, -0.25) is 4.90 Å². The number of para-hydroxylation sites is 2. The van der Waals surface area contributed by atoms with E-state index in [0.717, 1.165) is 66.2 Å². The molecule has 1 fully saturated rings. The van der Waals surface area contributed by atoms with E-state index >= 15 is 0 Å². The van der Waals surface area contributed by atoms with Crippen LogP contribution in [0.3, 0.4) is 0 Å². The third kappa shape index (κ3) is 5.31. The number of carbonyl (C=O) groups is 1. The molecule has 0 bridgehead atoms. The van der Waals surface area contributed by atoms with Crippen LogP contribution in [-0.4, -0.2) is 61.3 Å². The van der Waals surface area contributed by atoms with E-state index in [9.17, 15) is 9.90 Å². The largest absolute Gasteiger partial charge is 0.478 e. The molecule has 5 aromatic rings. The van der Waals surface area contributed by atoms with E-state index in [2.05, 4.69) is 20.5 Å². The number of imidazole rings is 1. The van der Waals surface area contributed by atoms with Crippen LogP contribution in [0.25, 0.3) is 27.7 Å². The Morgan fingerprint density at radius 2 is 1.95 bits per heavy atom. The van der Waals surface area contributed by atoms with Crippen LogP contribution in [0.2, 0.25) is 0 Å². The molecule has 1 atom stereocenters. The fourth-order valence-electron chi connectivity index (χ4n) is 5.34. The molecule has 2 aliphatic heterocycles. The average molecular weight is 552 g/mol. The van der Waals surface area contributed by atoms with E-state index < -0.39 is 5.97 Å². The number of pyridine rings is 1. The van der Waals surface area contributed by atoms with Gasteiger partial charge in [-0.05, 0) is 54.8 Å². The molecule has 2 aliphatic rings.